The number of carbonyl (C=O) groups is 1. The highest BCUT2D eigenvalue weighted by atomic mass is 16.6. The smallest absolute Gasteiger partial charge is 0.157 e. The third kappa shape index (κ3) is 3.89. The molecule has 0 saturated heterocycles. The number of hydroxylamine groups is 1. The van der Waals surface area contributed by atoms with Crippen molar-refractivity contribution in [3.63, 3.8) is 0 Å². The van der Waals surface area contributed by atoms with Crippen molar-refractivity contribution in [1.82, 2.24) is 5.48 Å². The molecule has 24 heavy (non-hydrogen) atoms. The lowest BCUT2D eigenvalue weighted by molar-refractivity contribution is 0.111. The summed E-state index contributed by atoms with van der Waals surface area (Å²) in [6.45, 7) is 0.598. The highest BCUT2D eigenvalue weighted by Gasteiger charge is 2.14. The van der Waals surface area contributed by atoms with Crippen LogP contribution in [0.2, 0.25) is 0 Å². The van der Waals surface area contributed by atoms with Crippen LogP contribution in [0, 0.1) is 0 Å². The number of carbonyl (C=O) groups excluding carboxylic acids is 1. The van der Waals surface area contributed by atoms with Crippen molar-refractivity contribution in [2.24, 2.45) is 0 Å². The summed E-state index contributed by atoms with van der Waals surface area (Å²) in [5, 5.41) is 0. The standard InChI is InChI=1S/C21H19NO2/c23-16-19-13-7-8-14-21(19)24-22-15-20(17-9-3-1-4-10-17)18-11-5-2-6-12-18/h1-14,16,20,22H,15H2. The van der Waals surface area contributed by atoms with Crippen LogP contribution in [0.1, 0.15) is 27.4 Å². The summed E-state index contributed by atoms with van der Waals surface area (Å²) < 4.78 is 0. The molecule has 0 heterocycles. The molecule has 3 rings (SSSR count). The van der Waals surface area contributed by atoms with Gasteiger partial charge in [0.2, 0.25) is 0 Å². The van der Waals surface area contributed by atoms with Gasteiger partial charge in [-0.05, 0) is 23.3 Å². The maximum absolute atomic E-state index is 11.1. The monoisotopic (exact) mass is 317 g/mol. The van der Waals surface area contributed by atoms with E-state index in [0.717, 1.165) is 6.29 Å². The molecule has 3 aromatic carbocycles. The van der Waals surface area contributed by atoms with Crippen LogP contribution in [0.25, 0.3) is 0 Å². The van der Waals surface area contributed by atoms with Crippen LogP contribution in [0.3, 0.4) is 0 Å². The Balaban J connectivity index is 1.74. The van der Waals surface area contributed by atoms with Crippen LogP contribution < -0.4 is 10.3 Å². The van der Waals surface area contributed by atoms with E-state index in [1.165, 1.54) is 11.1 Å². The predicted molar refractivity (Wildman–Crippen MR) is 95.2 cm³/mol. The Kier molecular flexibility index (Phi) is 5.38. The lowest BCUT2D eigenvalue weighted by Crippen LogP contribution is -2.26. The van der Waals surface area contributed by atoms with Gasteiger partial charge in [0.15, 0.2) is 12.0 Å². The Bertz CT molecular complexity index is 733. The summed E-state index contributed by atoms with van der Waals surface area (Å²) >= 11 is 0. The van der Waals surface area contributed by atoms with E-state index < -0.39 is 0 Å². The van der Waals surface area contributed by atoms with Gasteiger partial charge in [0, 0.05) is 12.5 Å². The number of hydrogen-bond donors (Lipinski definition) is 1. The van der Waals surface area contributed by atoms with E-state index in [2.05, 4.69) is 29.7 Å². The van der Waals surface area contributed by atoms with Crippen LogP contribution >= 0.6 is 0 Å². The van der Waals surface area contributed by atoms with Gasteiger partial charge in [0.1, 0.15) is 0 Å². The fourth-order valence-electron chi connectivity index (χ4n) is 2.67. The molecule has 0 amide bonds. The molecule has 0 saturated carbocycles. The van der Waals surface area contributed by atoms with Crippen molar-refractivity contribution >= 4 is 6.29 Å². The number of rotatable bonds is 7. The first-order valence-corrected chi connectivity index (χ1v) is 7.92. The minimum absolute atomic E-state index is 0.163. The minimum Gasteiger partial charge on any atom is -0.408 e. The maximum atomic E-state index is 11.1. The van der Waals surface area contributed by atoms with Gasteiger partial charge in [-0.1, -0.05) is 72.8 Å². The van der Waals surface area contributed by atoms with Crippen molar-refractivity contribution in [3.8, 4) is 5.75 Å². The molecule has 3 heteroatoms. The van der Waals surface area contributed by atoms with Gasteiger partial charge in [0.25, 0.3) is 0 Å². The Labute approximate surface area is 141 Å². The van der Waals surface area contributed by atoms with E-state index in [9.17, 15) is 4.79 Å². The molecule has 3 aromatic rings. The highest BCUT2D eigenvalue weighted by Crippen LogP contribution is 2.24. The molecular weight excluding hydrogens is 298 g/mol. The average Bonchev–Trinajstić information content (AvgIpc) is 2.67. The average molecular weight is 317 g/mol. The van der Waals surface area contributed by atoms with E-state index in [1.54, 1.807) is 12.1 Å². The SMILES string of the molecule is O=Cc1ccccc1ONCC(c1ccccc1)c1ccccc1. The second kappa shape index (κ2) is 8.09. The predicted octanol–water partition coefficient (Wildman–Crippen LogP) is 4.21. The fraction of sp³-hybridized carbons (Fsp3) is 0.0952. The van der Waals surface area contributed by atoms with E-state index in [4.69, 9.17) is 4.84 Å². The van der Waals surface area contributed by atoms with Gasteiger partial charge in [-0.15, -0.1) is 0 Å². The zero-order valence-electron chi connectivity index (χ0n) is 13.3. The van der Waals surface area contributed by atoms with Crippen molar-refractivity contribution in [3.05, 3.63) is 102 Å². The highest BCUT2D eigenvalue weighted by molar-refractivity contribution is 5.79. The van der Waals surface area contributed by atoms with E-state index in [1.807, 2.05) is 48.5 Å². The Morgan fingerprint density at radius 2 is 1.33 bits per heavy atom. The lowest BCUT2D eigenvalue weighted by atomic mass is 9.91. The lowest BCUT2D eigenvalue weighted by Gasteiger charge is -2.19. The number of aldehydes is 1. The molecule has 3 nitrogen and oxygen atoms in total. The summed E-state index contributed by atoms with van der Waals surface area (Å²) in [6.07, 6.45) is 0.795. The van der Waals surface area contributed by atoms with Gasteiger partial charge < -0.3 is 4.84 Å². The summed E-state index contributed by atoms with van der Waals surface area (Å²) in [4.78, 5) is 16.7. The van der Waals surface area contributed by atoms with E-state index in [0.29, 0.717) is 17.9 Å². The number of hydrogen-bond acceptors (Lipinski definition) is 3. The molecule has 0 aliphatic carbocycles. The van der Waals surface area contributed by atoms with Crippen LogP contribution in [-0.2, 0) is 0 Å². The first kappa shape index (κ1) is 16.0. The molecule has 0 radical (unpaired) electrons. The molecule has 0 atom stereocenters. The molecule has 0 fully saturated rings. The fourth-order valence-corrected chi connectivity index (χ4v) is 2.67. The third-order valence-electron chi connectivity index (χ3n) is 3.92. The zero-order valence-corrected chi connectivity index (χ0v) is 13.3. The second-order valence-electron chi connectivity index (χ2n) is 5.48. The quantitative estimate of drug-likeness (QED) is 0.524. The van der Waals surface area contributed by atoms with E-state index in [-0.39, 0.29) is 5.92 Å². The number of nitrogens with one attached hydrogen (secondary N) is 1. The van der Waals surface area contributed by atoms with Gasteiger partial charge in [-0.2, -0.15) is 5.48 Å². The van der Waals surface area contributed by atoms with Crippen LogP contribution in [-0.4, -0.2) is 12.8 Å². The Hall–Kier alpha value is -2.91. The Morgan fingerprint density at radius 3 is 1.92 bits per heavy atom. The van der Waals surface area contributed by atoms with Gasteiger partial charge in [-0.3, -0.25) is 4.79 Å². The molecule has 0 unspecified atom stereocenters. The molecule has 0 spiro atoms. The Morgan fingerprint density at radius 1 is 0.792 bits per heavy atom. The normalized spacial score (nSPS) is 10.5. The molecular formula is C21H19NO2. The van der Waals surface area contributed by atoms with Crippen LogP contribution in [0.15, 0.2) is 84.9 Å². The third-order valence-corrected chi connectivity index (χ3v) is 3.92. The van der Waals surface area contributed by atoms with Crippen LogP contribution in [0.5, 0.6) is 5.75 Å². The molecule has 0 aliphatic rings. The number of para-hydroxylation sites is 1. The molecule has 0 bridgehead atoms. The largest absolute Gasteiger partial charge is 0.408 e. The molecule has 0 aliphatic heterocycles. The first-order chi connectivity index (χ1) is 11.9. The van der Waals surface area contributed by atoms with Crippen molar-refractivity contribution in [1.29, 1.82) is 0 Å². The van der Waals surface area contributed by atoms with E-state index >= 15 is 0 Å². The van der Waals surface area contributed by atoms with Crippen LogP contribution in [0.4, 0.5) is 0 Å². The van der Waals surface area contributed by atoms with Gasteiger partial charge >= 0.3 is 0 Å². The summed E-state index contributed by atoms with van der Waals surface area (Å²) in [5.74, 6) is 0.697. The second-order valence-corrected chi connectivity index (χ2v) is 5.48. The summed E-state index contributed by atoms with van der Waals surface area (Å²) in [7, 11) is 0. The van der Waals surface area contributed by atoms with Gasteiger partial charge in [0.05, 0.1) is 5.56 Å². The number of benzene rings is 3. The zero-order chi connectivity index (χ0) is 16.6. The summed E-state index contributed by atoms with van der Waals surface area (Å²) in [6, 6.07) is 27.8. The minimum atomic E-state index is 0.163. The molecule has 1 N–H and O–H groups in total. The van der Waals surface area contributed by atoms with Crippen molar-refractivity contribution in [2.45, 2.75) is 5.92 Å². The van der Waals surface area contributed by atoms with Crippen molar-refractivity contribution < 1.29 is 9.63 Å². The summed E-state index contributed by atoms with van der Waals surface area (Å²) in [5.41, 5.74) is 5.97. The topological polar surface area (TPSA) is 38.3 Å². The van der Waals surface area contributed by atoms with Crippen molar-refractivity contribution in [2.75, 3.05) is 6.54 Å². The molecule has 0 aromatic heterocycles. The maximum Gasteiger partial charge on any atom is 0.157 e. The first-order valence-electron chi connectivity index (χ1n) is 7.92. The molecule has 120 valence electrons. The van der Waals surface area contributed by atoms with Gasteiger partial charge in [-0.25, -0.2) is 0 Å².